The Morgan fingerprint density at radius 3 is 2.31 bits per heavy atom. The van der Waals surface area contributed by atoms with E-state index in [0.29, 0.717) is 17.7 Å². The molecule has 2 rings (SSSR count). The highest BCUT2D eigenvalue weighted by molar-refractivity contribution is 9.11. The average molecular weight is 484 g/mol. The van der Waals surface area contributed by atoms with Crippen LogP contribution in [0.3, 0.4) is 0 Å². The number of sulfonamides is 1. The second-order valence-corrected chi connectivity index (χ2v) is 8.85. The number of methoxy groups -OCH3 is 1. The van der Waals surface area contributed by atoms with Crippen molar-refractivity contribution in [3.63, 3.8) is 0 Å². The van der Waals surface area contributed by atoms with Crippen LogP contribution in [0.2, 0.25) is 0 Å². The molecule has 2 atom stereocenters. The Morgan fingerprint density at radius 2 is 1.69 bits per heavy atom. The van der Waals surface area contributed by atoms with Gasteiger partial charge in [0.2, 0.25) is 10.0 Å². The predicted molar refractivity (Wildman–Crippen MR) is 116 cm³/mol. The number of rotatable bonds is 12. The summed E-state index contributed by atoms with van der Waals surface area (Å²) in [5, 5.41) is 0. The van der Waals surface area contributed by atoms with Gasteiger partial charge in [0.1, 0.15) is 6.79 Å². The molecule has 0 bridgehead atoms. The molecule has 0 amide bonds. The minimum atomic E-state index is -3.72. The third-order valence-electron chi connectivity index (χ3n) is 3.98. The van der Waals surface area contributed by atoms with Crippen molar-refractivity contribution >= 4 is 26.0 Å². The number of benzene rings is 2. The molecular formula is C21H26BrNO5S. The SMILES string of the molecule is COCCOCO[C@@H](C)/C=C(/Br)[C@H](NS(=O)(=O)c1ccccc1)c1ccccc1. The summed E-state index contributed by atoms with van der Waals surface area (Å²) in [5.41, 5.74) is 0.804. The van der Waals surface area contributed by atoms with Crippen LogP contribution >= 0.6 is 15.9 Å². The molecule has 0 aliphatic heterocycles. The fourth-order valence-electron chi connectivity index (χ4n) is 2.48. The van der Waals surface area contributed by atoms with Crippen LogP contribution < -0.4 is 4.72 Å². The van der Waals surface area contributed by atoms with Gasteiger partial charge in [-0.05, 0) is 30.7 Å². The van der Waals surface area contributed by atoms with Gasteiger partial charge in [0, 0.05) is 11.6 Å². The zero-order chi connectivity index (χ0) is 21.1. The molecule has 0 aliphatic carbocycles. The van der Waals surface area contributed by atoms with E-state index < -0.39 is 16.1 Å². The molecule has 8 heteroatoms. The normalized spacial score (nSPS) is 14.5. The van der Waals surface area contributed by atoms with Crippen LogP contribution in [0.15, 0.2) is 76.1 Å². The summed E-state index contributed by atoms with van der Waals surface area (Å²) in [6.45, 7) is 2.91. The van der Waals surface area contributed by atoms with E-state index in [1.807, 2.05) is 43.3 Å². The van der Waals surface area contributed by atoms with Crippen molar-refractivity contribution < 1.29 is 22.6 Å². The molecule has 0 radical (unpaired) electrons. The van der Waals surface area contributed by atoms with Crippen molar-refractivity contribution in [2.45, 2.75) is 24.0 Å². The lowest BCUT2D eigenvalue weighted by Crippen LogP contribution is -2.29. The molecule has 0 aromatic heterocycles. The molecule has 0 unspecified atom stereocenters. The lowest BCUT2D eigenvalue weighted by Gasteiger charge is -2.20. The van der Waals surface area contributed by atoms with Gasteiger partial charge < -0.3 is 14.2 Å². The summed E-state index contributed by atoms with van der Waals surface area (Å²) in [5.74, 6) is 0. The quantitative estimate of drug-likeness (QED) is 0.364. The van der Waals surface area contributed by atoms with E-state index in [0.717, 1.165) is 5.56 Å². The highest BCUT2D eigenvalue weighted by atomic mass is 79.9. The maximum absolute atomic E-state index is 12.9. The largest absolute Gasteiger partial charge is 0.382 e. The van der Waals surface area contributed by atoms with Gasteiger partial charge in [-0.25, -0.2) is 8.42 Å². The Balaban J connectivity index is 2.16. The molecule has 0 heterocycles. The fourth-order valence-corrected chi connectivity index (χ4v) is 4.60. The highest BCUT2D eigenvalue weighted by Crippen LogP contribution is 2.29. The van der Waals surface area contributed by atoms with Crippen LogP contribution in [-0.2, 0) is 24.2 Å². The lowest BCUT2D eigenvalue weighted by atomic mass is 10.1. The molecule has 29 heavy (non-hydrogen) atoms. The molecule has 0 saturated heterocycles. The molecule has 0 saturated carbocycles. The van der Waals surface area contributed by atoms with E-state index in [1.165, 1.54) is 0 Å². The highest BCUT2D eigenvalue weighted by Gasteiger charge is 2.23. The smallest absolute Gasteiger partial charge is 0.241 e. The standard InChI is InChI=1S/C21H26BrNO5S/c1-17(28-16-27-14-13-26-2)15-20(22)21(18-9-5-3-6-10-18)23-29(24,25)19-11-7-4-8-12-19/h3-12,15,17,21,23H,13-14,16H2,1-2H3/b20-15+/t17-,21+/m0/s1. The zero-order valence-corrected chi connectivity index (χ0v) is 18.9. The van der Waals surface area contributed by atoms with Crippen molar-refractivity contribution in [3.05, 3.63) is 76.8 Å². The van der Waals surface area contributed by atoms with Gasteiger partial charge in [-0.15, -0.1) is 0 Å². The van der Waals surface area contributed by atoms with Crippen molar-refractivity contribution in [1.82, 2.24) is 4.72 Å². The van der Waals surface area contributed by atoms with Crippen molar-refractivity contribution in [2.24, 2.45) is 0 Å². The van der Waals surface area contributed by atoms with Crippen LogP contribution in [0.25, 0.3) is 0 Å². The van der Waals surface area contributed by atoms with Gasteiger partial charge in [0.15, 0.2) is 0 Å². The summed E-state index contributed by atoms with van der Waals surface area (Å²) >= 11 is 3.53. The summed E-state index contributed by atoms with van der Waals surface area (Å²) in [6, 6.07) is 17.0. The molecule has 2 aromatic rings. The van der Waals surface area contributed by atoms with Gasteiger partial charge >= 0.3 is 0 Å². The van der Waals surface area contributed by atoms with Crippen LogP contribution in [0.1, 0.15) is 18.5 Å². The number of hydrogen-bond donors (Lipinski definition) is 1. The first-order valence-corrected chi connectivity index (χ1v) is 11.4. The summed E-state index contributed by atoms with van der Waals surface area (Å²) in [7, 11) is -2.11. The van der Waals surface area contributed by atoms with Crippen LogP contribution in [0.5, 0.6) is 0 Å². The third kappa shape index (κ3) is 8.00. The Bertz CT molecular complexity index is 859. The van der Waals surface area contributed by atoms with Gasteiger partial charge in [-0.1, -0.05) is 64.5 Å². The number of ether oxygens (including phenoxy) is 3. The molecule has 0 aliphatic rings. The number of halogens is 1. The number of hydrogen-bond acceptors (Lipinski definition) is 5. The minimum absolute atomic E-state index is 0.118. The topological polar surface area (TPSA) is 73.9 Å². The van der Waals surface area contributed by atoms with E-state index in [1.54, 1.807) is 37.4 Å². The van der Waals surface area contributed by atoms with Crippen LogP contribution in [-0.4, -0.2) is 41.6 Å². The fraction of sp³-hybridized carbons (Fsp3) is 0.333. The van der Waals surface area contributed by atoms with E-state index >= 15 is 0 Å². The van der Waals surface area contributed by atoms with Crippen molar-refractivity contribution in [2.75, 3.05) is 27.1 Å². The predicted octanol–water partition coefficient (Wildman–Crippen LogP) is 4.01. The third-order valence-corrected chi connectivity index (χ3v) is 6.14. The zero-order valence-electron chi connectivity index (χ0n) is 16.5. The first-order valence-electron chi connectivity index (χ1n) is 9.12. The Labute approximate surface area is 181 Å². The summed E-state index contributed by atoms with van der Waals surface area (Å²) in [4.78, 5) is 0.206. The monoisotopic (exact) mass is 483 g/mol. The van der Waals surface area contributed by atoms with E-state index in [-0.39, 0.29) is 17.8 Å². The molecular weight excluding hydrogens is 458 g/mol. The van der Waals surface area contributed by atoms with Crippen LogP contribution in [0, 0.1) is 0 Å². The molecule has 0 fully saturated rings. The Morgan fingerprint density at radius 1 is 1.07 bits per heavy atom. The molecule has 6 nitrogen and oxygen atoms in total. The van der Waals surface area contributed by atoms with Crippen molar-refractivity contribution in [1.29, 1.82) is 0 Å². The molecule has 1 N–H and O–H groups in total. The maximum atomic E-state index is 12.9. The first-order chi connectivity index (χ1) is 13.9. The lowest BCUT2D eigenvalue weighted by molar-refractivity contribution is -0.0804. The second-order valence-electron chi connectivity index (χ2n) is 6.22. The van der Waals surface area contributed by atoms with Gasteiger partial charge in [0.25, 0.3) is 0 Å². The van der Waals surface area contributed by atoms with Crippen LogP contribution in [0.4, 0.5) is 0 Å². The Kier molecular flexibility index (Phi) is 9.99. The average Bonchev–Trinajstić information content (AvgIpc) is 2.73. The van der Waals surface area contributed by atoms with E-state index in [4.69, 9.17) is 14.2 Å². The summed E-state index contributed by atoms with van der Waals surface area (Å²) in [6.07, 6.45) is 1.52. The van der Waals surface area contributed by atoms with Crippen molar-refractivity contribution in [3.8, 4) is 0 Å². The molecule has 2 aromatic carbocycles. The Hall–Kier alpha value is -1.55. The van der Waals surface area contributed by atoms with Gasteiger partial charge in [-0.2, -0.15) is 4.72 Å². The summed E-state index contributed by atoms with van der Waals surface area (Å²) < 4.78 is 44.9. The van der Waals surface area contributed by atoms with E-state index in [9.17, 15) is 8.42 Å². The first kappa shape index (κ1) is 23.7. The molecule has 0 spiro atoms. The van der Waals surface area contributed by atoms with Gasteiger partial charge in [0.05, 0.1) is 30.3 Å². The van der Waals surface area contributed by atoms with Gasteiger partial charge in [-0.3, -0.25) is 0 Å². The van der Waals surface area contributed by atoms with E-state index in [2.05, 4.69) is 20.7 Å². The minimum Gasteiger partial charge on any atom is -0.382 e. The second kappa shape index (κ2) is 12.2. The maximum Gasteiger partial charge on any atom is 0.241 e. The number of nitrogens with one attached hydrogen (secondary N) is 1. The molecule has 158 valence electrons.